The van der Waals surface area contributed by atoms with Gasteiger partial charge in [-0.15, -0.1) is 0 Å². The van der Waals surface area contributed by atoms with E-state index in [-0.39, 0.29) is 0 Å². The third-order valence-electron chi connectivity index (χ3n) is 2.52. The summed E-state index contributed by atoms with van der Waals surface area (Å²) in [6.45, 7) is 7.86. The summed E-state index contributed by atoms with van der Waals surface area (Å²) in [5.41, 5.74) is 6.38. The standard InChI is InChI=1S/C13H23NO2Si/c1-15-13-10-11(14)6-7-12(13)16-8-5-9-17(2,3)4/h6-7,10H,5,8-9,14H2,1-4H3. The lowest BCUT2D eigenvalue weighted by atomic mass is 10.3. The van der Waals surface area contributed by atoms with Gasteiger partial charge in [0.25, 0.3) is 0 Å². The lowest BCUT2D eigenvalue weighted by molar-refractivity contribution is 0.294. The molecular weight excluding hydrogens is 230 g/mol. The van der Waals surface area contributed by atoms with Crippen LogP contribution in [-0.4, -0.2) is 21.8 Å². The summed E-state index contributed by atoms with van der Waals surface area (Å²) in [6, 6.07) is 6.76. The predicted molar refractivity (Wildman–Crippen MR) is 75.7 cm³/mol. The molecule has 0 amide bonds. The van der Waals surface area contributed by atoms with E-state index < -0.39 is 8.07 Å². The van der Waals surface area contributed by atoms with E-state index in [0.29, 0.717) is 11.4 Å². The highest BCUT2D eigenvalue weighted by Gasteiger charge is 2.12. The van der Waals surface area contributed by atoms with E-state index in [1.54, 1.807) is 13.2 Å². The van der Waals surface area contributed by atoms with Crippen LogP contribution in [0.4, 0.5) is 5.69 Å². The molecule has 96 valence electrons. The highest BCUT2D eigenvalue weighted by Crippen LogP contribution is 2.29. The highest BCUT2D eigenvalue weighted by atomic mass is 28.3. The first kappa shape index (κ1) is 13.9. The minimum Gasteiger partial charge on any atom is -0.493 e. The van der Waals surface area contributed by atoms with Crippen LogP contribution in [0.3, 0.4) is 0 Å². The Kier molecular flexibility index (Phi) is 4.87. The Morgan fingerprint density at radius 1 is 1.18 bits per heavy atom. The highest BCUT2D eigenvalue weighted by molar-refractivity contribution is 6.76. The smallest absolute Gasteiger partial charge is 0.162 e. The van der Waals surface area contributed by atoms with Crippen LogP contribution in [0.15, 0.2) is 18.2 Å². The lowest BCUT2D eigenvalue weighted by Gasteiger charge is -2.16. The quantitative estimate of drug-likeness (QED) is 0.480. The molecule has 17 heavy (non-hydrogen) atoms. The van der Waals surface area contributed by atoms with Gasteiger partial charge in [0.2, 0.25) is 0 Å². The Morgan fingerprint density at radius 3 is 2.47 bits per heavy atom. The summed E-state index contributed by atoms with van der Waals surface area (Å²) < 4.78 is 10.9. The van der Waals surface area contributed by atoms with Crippen LogP contribution in [-0.2, 0) is 0 Å². The fourth-order valence-electron chi connectivity index (χ4n) is 1.59. The minimum atomic E-state index is -0.957. The van der Waals surface area contributed by atoms with Crippen LogP contribution in [0.2, 0.25) is 25.7 Å². The zero-order valence-corrected chi connectivity index (χ0v) is 12.2. The third kappa shape index (κ3) is 5.13. The Balaban J connectivity index is 2.46. The number of methoxy groups -OCH3 is 1. The normalized spacial score (nSPS) is 11.3. The van der Waals surface area contributed by atoms with Gasteiger partial charge in [0.05, 0.1) is 13.7 Å². The van der Waals surface area contributed by atoms with Crippen LogP contribution in [0.5, 0.6) is 11.5 Å². The Hall–Kier alpha value is -1.16. The van der Waals surface area contributed by atoms with Gasteiger partial charge >= 0.3 is 0 Å². The number of hydrogen-bond donors (Lipinski definition) is 1. The van der Waals surface area contributed by atoms with Crippen molar-refractivity contribution in [3.63, 3.8) is 0 Å². The number of benzene rings is 1. The molecule has 0 atom stereocenters. The van der Waals surface area contributed by atoms with Crippen LogP contribution in [0.1, 0.15) is 6.42 Å². The van der Waals surface area contributed by atoms with Crippen molar-refractivity contribution in [3.8, 4) is 11.5 Å². The largest absolute Gasteiger partial charge is 0.493 e. The van der Waals surface area contributed by atoms with Gasteiger partial charge in [0, 0.05) is 19.8 Å². The molecule has 1 aromatic rings. The Bertz CT molecular complexity index is 361. The van der Waals surface area contributed by atoms with E-state index in [2.05, 4.69) is 19.6 Å². The van der Waals surface area contributed by atoms with E-state index in [1.807, 2.05) is 12.1 Å². The van der Waals surface area contributed by atoms with Crippen LogP contribution in [0, 0.1) is 0 Å². The zero-order chi connectivity index (χ0) is 12.9. The van der Waals surface area contributed by atoms with E-state index in [0.717, 1.165) is 18.8 Å². The molecule has 0 saturated carbocycles. The molecule has 0 bridgehead atoms. The SMILES string of the molecule is COc1cc(N)ccc1OCCC[Si](C)(C)C. The van der Waals surface area contributed by atoms with E-state index >= 15 is 0 Å². The Labute approximate surface area is 105 Å². The van der Waals surface area contributed by atoms with Crippen molar-refractivity contribution >= 4 is 13.8 Å². The van der Waals surface area contributed by atoms with Gasteiger partial charge in [0.15, 0.2) is 11.5 Å². The molecule has 0 aliphatic carbocycles. The molecule has 3 nitrogen and oxygen atoms in total. The summed E-state index contributed by atoms with van der Waals surface area (Å²) in [6.07, 6.45) is 1.10. The summed E-state index contributed by atoms with van der Waals surface area (Å²) >= 11 is 0. The molecule has 1 aromatic carbocycles. The first-order valence-corrected chi connectivity index (χ1v) is 9.69. The molecule has 0 unspecified atom stereocenters. The monoisotopic (exact) mass is 253 g/mol. The maximum absolute atomic E-state index is 5.72. The third-order valence-corrected chi connectivity index (χ3v) is 4.37. The van der Waals surface area contributed by atoms with Crippen molar-refractivity contribution in [1.29, 1.82) is 0 Å². The van der Waals surface area contributed by atoms with Crippen molar-refractivity contribution < 1.29 is 9.47 Å². The number of rotatable bonds is 6. The Morgan fingerprint density at radius 2 is 1.88 bits per heavy atom. The maximum Gasteiger partial charge on any atom is 0.162 e. The zero-order valence-electron chi connectivity index (χ0n) is 11.2. The first-order chi connectivity index (χ1) is 7.92. The molecule has 0 spiro atoms. The fourth-order valence-corrected chi connectivity index (χ4v) is 2.79. The van der Waals surface area contributed by atoms with Gasteiger partial charge in [0.1, 0.15) is 0 Å². The van der Waals surface area contributed by atoms with Crippen molar-refractivity contribution in [2.45, 2.75) is 32.1 Å². The number of nitrogen functional groups attached to an aromatic ring is 1. The van der Waals surface area contributed by atoms with Gasteiger partial charge in [-0.05, 0) is 18.6 Å². The van der Waals surface area contributed by atoms with Crippen molar-refractivity contribution in [1.82, 2.24) is 0 Å². The van der Waals surface area contributed by atoms with Crippen molar-refractivity contribution in [2.24, 2.45) is 0 Å². The van der Waals surface area contributed by atoms with Crippen molar-refractivity contribution in [2.75, 3.05) is 19.5 Å². The molecule has 0 saturated heterocycles. The van der Waals surface area contributed by atoms with E-state index in [9.17, 15) is 0 Å². The molecular formula is C13H23NO2Si. The van der Waals surface area contributed by atoms with E-state index in [1.165, 1.54) is 6.04 Å². The lowest BCUT2D eigenvalue weighted by Crippen LogP contribution is -2.20. The molecule has 0 aliphatic rings. The topological polar surface area (TPSA) is 44.5 Å². The van der Waals surface area contributed by atoms with Crippen LogP contribution in [0.25, 0.3) is 0 Å². The molecule has 0 radical (unpaired) electrons. The minimum absolute atomic E-state index is 0.691. The van der Waals surface area contributed by atoms with Crippen molar-refractivity contribution in [3.05, 3.63) is 18.2 Å². The molecule has 0 aliphatic heterocycles. The van der Waals surface area contributed by atoms with Gasteiger partial charge in [-0.2, -0.15) is 0 Å². The second-order valence-electron chi connectivity index (χ2n) is 5.42. The average Bonchev–Trinajstić information content (AvgIpc) is 2.24. The van der Waals surface area contributed by atoms with Gasteiger partial charge in [-0.3, -0.25) is 0 Å². The average molecular weight is 253 g/mol. The summed E-state index contributed by atoms with van der Waals surface area (Å²) in [4.78, 5) is 0. The van der Waals surface area contributed by atoms with Crippen LogP contribution < -0.4 is 15.2 Å². The summed E-state index contributed by atoms with van der Waals surface area (Å²) in [7, 11) is 0.671. The molecule has 0 aromatic heterocycles. The second kappa shape index (κ2) is 5.96. The van der Waals surface area contributed by atoms with E-state index in [4.69, 9.17) is 15.2 Å². The fraction of sp³-hybridized carbons (Fsp3) is 0.538. The molecule has 1 rings (SSSR count). The number of ether oxygens (including phenoxy) is 2. The first-order valence-electron chi connectivity index (χ1n) is 5.99. The number of anilines is 1. The maximum atomic E-state index is 5.72. The molecule has 2 N–H and O–H groups in total. The number of hydrogen-bond acceptors (Lipinski definition) is 3. The predicted octanol–water partition coefficient (Wildman–Crippen LogP) is 3.38. The summed E-state index contributed by atoms with van der Waals surface area (Å²) in [5.74, 6) is 1.48. The van der Waals surface area contributed by atoms with Gasteiger partial charge in [-0.25, -0.2) is 0 Å². The van der Waals surface area contributed by atoms with Gasteiger partial charge < -0.3 is 15.2 Å². The molecule has 4 heteroatoms. The summed E-state index contributed by atoms with van der Waals surface area (Å²) in [5, 5.41) is 0. The second-order valence-corrected chi connectivity index (χ2v) is 11.0. The molecule has 0 heterocycles. The number of nitrogens with two attached hydrogens (primary N) is 1. The molecule has 0 fully saturated rings. The van der Waals surface area contributed by atoms with Crippen LogP contribution >= 0.6 is 0 Å². The van der Waals surface area contributed by atoms with Gasteiger partial charge in [-0.1, -0.05) is 25.7 Å².